The van der Waals surface area contributed by atoms with E-state index >= 15 is 0 Å². The average molecular weight is 246 g/mol. The van der Waals surface area contributed by atoms with E-state index in [1.54, 1.807) is 4.90 Å². The lowest BCUT2D eigenvalue weighted by Gasteiger charge is -2.16. The molecule has 3 N–H and O–H groups in total. The molecular formula is C11H22N2O4. The molecule has 1 amide bonds. The minimum Gasteiger partial charge on any atom is -0.394 e. The second-order valence-electron chi connectivity index (χ2n) is 4.09. The number of ether oxygens (including phenoxy) is 2. The quantitative estimate of drug-likeness (QED) is 0.500. The first-order chi connectivity index (χ1) is 8.27. The van der Waals surface area contributed by atoms with Crippen LogP contribution in [0.15, 0.2) is 0 Å². The first kappa shape index (κ1) is 14.4. The van der Waals surface area contributed by atoms with Crippen LogP contribution in [0.3, 0.4) is 0 Å². The predicted molar refractivity (Wildman–Crippen MR) is 62.5 cm³/mol. The monoisotopic (exact) mass is 246 g/mol. The van der Waals surface area contributed by atoms with Crippen molar-refractivity contribution in [2.75, 3.05) is 52.7 Å². The Bertz CT molecular complexity index is 226. The summed E-state index contributed by atoms with van der Waals surface area (Å²) >= 11 is 0. The highest BCUT2D eigenvalue weighted by molar-refractivity contribution is 5.78. The van der Waals surface area contributed by atoms with E-state index in [2.05, 4.69) is 0 Å². The van der Waals surface area contributed by atoms with Crippen molar-refractivity contribution in [3.8, 4) is 0 Å². The van der Waals surface area contributed by atoms with Crippen molar-refractivity contribution < 1.29 is 19.4 Å². The van der Waals surface area contributed by atoms with Crippen LogP contribution in [0.5, 0.6) is 0 Å². The van der Waals surface area contributed by atoms with Gasteiger partial charge in [-0.05, 0) is 12.5 Å². The molecular weight excluding hydrogens is 224 g/mol. The van der Waals surface area contributed by atoms with Crippen LogP contribution in [0.1, 0.15) is 6.42 Å². The van der Waals surface area contributed by atoms with E-state index in [1.165, 1.54) is 0 Å². The highest BCUT2D eigenvalue weighted by Crippen LogP contribution is 2.15. The normalized spacial score (nSPS) is 20.2. The summed E-state index contributed by atoms with van der Waals surface area (Å²) in [5, 5.41) is 8.47. The van der Waals surface area contributed by atoms with Gasteiger partial charge in [-0.25, -0.2) is 0 Å². The molecule has 100 valence electrons. The van der Waals surface area contributed by atoms with Crippen LogP contribution in [0.25, 0.3) is 0 Å². The summed E-state index contributed by atoms with van der Waals surface area (Å²) < 4.78 is 10.4. The highest BCUT2D eigenvalue weighted by Gasteiger charge is 2.27. The Kier molecular flexibility index (Phi) is 7.11. The minimum atomic E-state index is 0.0305. The van der Waals surface area contributed by atoms with Gasteiger partial charge in [0.1, 0.15) is 0 Å². The number of aliphatic hydroxyl groups excluding tert-OH is 1. The van der Waals surface area contributed by atoms with Gasteiger partial charge >= 0.3 is 0 Å². The number of aliphatic hydroxyl groups is 1. The topological polar surface area (TPSA) is 85.0 Å². The lowest BCUT2D eigenvalue weighted by molar-refractivity contribution is -0.128. The second kappa shape index (κ2) is 8.41. The number of carbonyl (C=O) groups is 1. The van der Waals surface area contributed by atoms with Crippen molar-refractivity contribution in [1.29, 1.82) is 0 Å². The molecule has 0 radical (unpaired) electrons. The van der Waals surface area contributed by atoms with Crippen LogP contribution in [-0.4, -0.2) is 68.6 Å². The van der Waals surface area contributed by atoms with E-state index in [1.807, 2.05) is 0 Å². The summed E-state index contributed by atoms with van der Waals surface area (Å²) in [6, 6.07) is 0. The largest absolute Gasteiger partial charge is 0.394 e. The zero-order valence-electron chi connectivity index (χ0n) is 10.1. The smallest absolute Gasteiger partial charge is 0.223 e. The van der Waals surface area contributed by atoms with Crippen LogP contribution in [-0.2, 0) is 14.3 Å². The Balaban J connectivity index is 1.98. The number of rotatable bonds is 9. The number of hydrogen-bond donors (Lipinski definition) is 2. The van der Waals surface area contributed by atoms with Gasteiger partial charge in [0, 0.05) is 19.5 Å². The van der Waals surface area contributed by atoms with Crippen LogP contribution in [0.2, 0.25) is 0 Å². The average Bonchev–Trinajstić information content (AvgIpc) is 2.69. The van der Waals surface area contributed by atoms with Crippen molar-refractivity contribution in [1.82, 2.24) is 4.90 Å². The van der Waals surface area contributed by atoms with Crippen molar-refractivity contribution in [3.63, 3.8) is 0 Å². The standard InChI is InChI=1S/C11H22N2O4/c12-8-10-7-11(15)13(9-10)1-3-16-5-6-17-4-2-14/h10,14H,1-9,12H2. The van der Waals surface area contributed by atoms with Crippen LogP contribution in [0, 0.1) is 5.92 Å². The number of likely N-dealkylation sites (tertiary alicyclic amines) is 1. The van der Waals surface area contributed by atoms with Gasteiger partial charge in [0.15, 0.2) is 0 Å². The van der Waals surface area contributed by atoms with Gasteiger partial charge in [-0.15, -0.1) is 0 Å². The van der Waals surface area contributed by atoms with E-state index in [4.69, 9.17) is 20.3 Å². The molecule has 6 nitrogen and oxygen atoms in total. The van der Waals surface area contributed by atoms with Gasteiger partial charge in [0.05, 0.1) is 33.0 Å². The first-order valence-corrected chi connectivity index (χ1v) is 6.02. The van der Waals surface area contributed by atoms with Crippen LogP contribution < -0.4 is 5.73 Å². The Morgan fingerprint density at radius 1 is 1.29 bits per heavy atom. The van der Waals surface area contributed by atoms with Gasteiger partial charge in [-0.1, -0.05) is 0 Å². The summed E-state index contributed by atoms with van der Waals surface area (Å²) in [6.07, 6.45) is 0.566. The van der Waals surface area contributed by atoms with Crippen molar-refractivity contribution in [3.05, 3.63) is 0 Å². The van der Waals surface area contributed by atoms with Crippen LogP contribution in [0.4, 0.5) is 0 Å². The highest BCUT2D eigenvalue weighted by atomic mass is 16.5. The van der Waals surface area contributed by atoms with E-state index in [-0.39, 0.29) is 12.5 Å². The van der Waals surface area contributed by atoms with Crippen molar-refractivity contribution in [2.45, 2.75) is 6.42 Å². The molecule has 0 bridgehead atoms. The summed E-state index contributed by atoms with van der Waals surface area (Å²) in [5.41, 5.74) is 5.53. The molecule has 1 rings (SSSR count). The van der Waals surface area contributed by atoms with Gasteiger partial charge < -0.3 is 25.2 Å². The lowest BCUT2D eigenvalue weighted by atomic mass is 10.1. The Labute approximate surface area is 102 Å². The molecule has 6 heteroatoms. The molecule has 1 unspecified atom stereocenters. The molecule has 1 atom stereocenters. The molecule has 17 heavy (non-hydrogen) atoms. The molecule has 0 aromatic rings. The molecule has 0 saturated carbocycles. The third-order valence-electron chi connectivity index (χ3n) is 2.74. The van der Waals surface area contributed by atoms with Gasteiger partial charge in [0.2, 0.25) is 5.91 Å². The summed E-state index contributed by atoms with van der Waals surface area (Å²) in [4.78, 5) is 13.3. The molecule has 1 fully saturated rings. The molecule has 1 heterocycles. The van der Waals surface area contributed by atoms with E-state index in [9.17, 15) is 4.79 Å². The summed E-state index contributed by atoms with van der Waals surface area (Å²) in [7, 11) is 0. The number of carbonyl (C=O) groups excluding carboxylic acids is 1. The molecule has 0 aromatic carbocycles. The fourth-order valence-corrected chi connectivity index (χ4v) is 1.79. The van der Waals surface area contributed by atoms with E-state index in [0.29, 0.717) is 51.9 Å². The number of amides is 1. The zero-order valence-corrected chi connectivity index (χ0v) is 10.1. The Morgan fingerprint density at radius 2 is 2.00 bits per heavy atom. The second-order valence-corrected chi connectivity index (χ2v) is 4.09. The zero-order chi connectivity index (χ0) is 12.5. The number of nitrogens with zero attached hydrogens (tertiary/aromatic N) is 1. The maximum Gasteiger partial charge on any atom is 0.223 e. The first-order valence-electron chi connectivity index (χ1n) is 6.02. The van der Waals surface area contributed by atoms with E-state index < -0.39 is 0 Å². The van der Waals surface area contributed by atoms with Crippen LogP contribution >= 0.6 is 0 Å². The van der Waals surface area contributed by atoms with E-state index in [0.717, 1.165) is 6.54 Å². The molecule has 1 aliphatic heterocycles. The fourth-order valence-electron chi connectivity index (χ4n) is 1.79. The summed E-state index contributed by atoms with van der Waals surface area (Å²) in [6.45, 7) is 3.79. The maximum atomic E-state index is 11.5. The molecule has 0 spiro atoms. The Morgan fingerprint density at radius 3 is 2.59 bits per heavy atom. The molecule has 1 aliphatic rings. The Hall–Kier alpha value is -0.690. The third kappa shape index (κ3) is 5.45. The minimum absolute atomic E-state index is 0.0305. The molecule has 0 aliphatic carbocycles. The van der Waals surface area contributed by atoms with Crippen molar-refractivity contribution in [2.24, 2.45) is 11.7 Å². The predicted octanol–water partition coefficient (Wildman–Crippen LogP) is -1.18. The lowest BCUT2D eigenvalue weighted by Crippen LogP contribution is -2.30. The fraction of sp³-hybridized carbons (Fsp3) is 0.909. The number of hydrogen-bond acceptors (Lipinski definition) is 5. The summed E-state index contributed by atoms with van der Waals surface area (Å²) in [5.74, 6) is 0.468. The van der Waals surface area contributed by atoms with Gasteiger partial charge in [-0.3, -0.25) is 4.79 Å². The molecule has 1 saturated heterocycles. The third-order valence-corrected chi connectivity index (χ3v) is 2.74. The van der Waals surface area contributed by atoms with Gasteiger partial charge in [-0.2, -0.15) is 0 Å². The van der Waals surface area contributed by atoms with Gasteiger partial charge in [0.25, 0.3) is 0 Å². The number of nitrogens with two attached hydrogens (primary N) is 1. The van der Waals surface area contributed by atoms with Crippen molar-refractivity contribution >= 4 is 5.91 Å². The maximum absolute atomic E-state index is 11.5. The SMILES string of the molecule is NCC1CC(=O)N(CCOCCOCCO)C1. The molecule has 0 aromatic heterocycles.